The highest BCUT2D eigenvalue weighted by Crippen LogP contribution is 2.22. The summed E-state index contributed by atoms with van der Waals surface area (Å²) in [6.45, 7) is 1.66. The average molecular weight is 375 g/mol. The zero-order chi connectivity index (χ0) is 19.8. The first-order valence-corrected chi connectivity index (χ1v) is 8.31. The van der Waals surface area contributed by atoms with Gasteiger partial charge in [0.05, 0.1) is 16.7 Å². The zero-order valence-corrected chi connectivity index (χ0v) is 14.7. The molecule has 0 spiro atoms. The van der Waals surface area contributed by atoms with E-state index in [1.807, 2.05) is 30.3 Å². The Morgan fingerprint density at radius 2 is 1.96 bits per heavy atom. The molecule has 0 aliphatic heterocycles. The Bertz CT molecular complexity index is 784. The van der Waals surface area contributed by atoms with Gasteiger partial charge >= 0.3 is 6.09 Å². The molecule has 144 valence electrons. The molecule has 0 aliphatic rings. The lowest BCUT2D eigenvalue weighted by molar-refractivity contribution is -0.385. The van der Waals surface area contributed by atoms with Gasteiger partial charge in [0, 0.05) is 12.6 Å². The number of ether oxygens (including phenoxy) is 1. The third-order valence-electron chi connectivity index (χ3n) is 3.87. The normalized spacial score (nSPS) is 12.9. The first kappa shape index (κ1) is 20.3. The Morgan fingerprint density at radius 3 is 2.59 bits per heavy atom. The number of aryl methyl sites for hydroxylation is 1. The molecular formula is C18H21N3O6. The summed E-state index contributed by atoms with van der Waals surface area (Å²) >= 11 is 0. The molecule has 1 amide bonds. The van der Waals surface area contributed by atoms with E-state index in [2.05, 4.69) is 10.3 Å². The van der Waals surface area contributed by atoms with Crippen LogP contribution in [-0.2, 0) is 11.3 Å². The summed E-state index contributed by atoms with van der Waals surface area (Å²) in [7, 11) is 0. The number of pyridine rings is 1. The SMILES string of the molecule is Cc1nc(C(O)C(O)CCNC(=O)OCc2ccccc2)ccc1[N+](=O)[O-]. The molecule has 1 heterocycles. The minimum Gasteiger partial charge on any atom is -0.445 e. The molecule has 2 unspecified atom stereocenters. The third kappa shape index (κ3) is 6.01. The van der Waals surface area contributed by atoms with Crippen molar-refractivity contribution in [3.63, 3.8) is 0 Å². The van der Waals surface area contributed by atoms with Crippen LogP contribution >= 0.6 is 0 Å². The summed E-state index contributed by atoms with van der Waals surface area (Å²) < 4.78 is 5.04. The summed E-state index contributed by atoms with van der Waals surface area (Å²) in [4.78, 5) is 25.8. The maximum absolute atomic E-state index is 11.6. The van der Waals surface area contributed by atoms with Crippen LogP contribution in [0.25, 0.3) is 0 Å². The number of aromatic nitrogens is 1. The highest BCUT2D eigenvalue weighted by Gasteiger charge is 2.22. The van der Waals surface area contributed by atoms with Crippen LogP contribution in [0, 0.1) is 17.0 Å². The second-order valence-electron chi connectivity index (χ2n) is 5.89. The van der Waals surface area contributed by atoms with Crippen LogP contribution in [0.3, 0.4) is 0 Å². The maximum Gasteiger partial charge on any atom is 0.407 e. The molecule has 0 fully saturated rings. The van der Waals surface area contributed by atoms with Crippen molar-refractivity contribution >= 4 is 11.8 Å². The summed E-state index contributed by atoms with van der Waals surface area (Å²) in [5.41, 5.74) is 0.953. The van der Waals surface area contributed by atoms with Crippen molar-refractivity contribution in [2.24, 2.45) is 0 Å². The van der Waals surface area contributed by atoms with E-state index in [0.29, 0.717) is 0 Å². The predicted molar refractivity (Wildman–Crippen MR) is 95.8 cm³/mol. The van der Waals surface area contributed by atoms with E-state index in [-0.39, 0.29) is 36.6 Å². The van der Waals surface area contributed by atoms with Gasteiger partial charge in [0.1, 0.15) is 18.4 Å². The number of amides is 1. The molecule has 0 aliphatic carbocycles. The molecule has 1 aromatic heterocycles. The van der Waals surface area contributed by atoms with Gasteiger partial charge in [0.15, 0.2) is 0 Å². The Balaban J connectivity index is 1.77. The van der Waals surface area contributed by atoms with Gasteiger partial charge < -0.3 is 20.3 Å². The van der Waals surface area contributed by atoms with Crippen LogP contribution in [0.1, 0.15) is 29.5 Å². The van der Waals surface area contributed by atoms with Gasteiger partial charge in [-0.05, 0) is 25.0 Å². The quantitative estimate of drug-likeness (QED) is 0.474. The lowest BCUT2D eigenvalue weighted by Crippen LogP contribution is -2.30. The van der Waals surface area contributed by atoms with Crippen LogP contribution in [0.2, 0.25) is 0 Å². The number of nitrogens with zero attached hydrogens (tertiary/aromatic N) is 2. The fourth-order valence-electron chi connectivity index (χ4n) is 2.38. The number of carbonyl (C=O) groups excluding carboxylic acids is 1. The number of benzene rings is 1. The van der Waals surface area contributed by atoms with Gasteiger partial charge in [-0.15, -0.1) is 0 Å². The third-order valence-corrected chi connectivity index (χ3v) is 3.87. The minimum absolute atomic E-state index is 0.0549. The van der Waals surface area contributed by atoms with Gasteiger partial charge in [0.2, 0.25) is 0 Å². The molecule has 2 rings (SSSR count). The number of nitro groups is 1. The Hall–Kier alpha value is -3.04. The summed E-state index contributed by atoms with van der Waals surface area (Å²) in [5, 5.41) is 33.5. The molecule has 2 aromatic rings. The van der Waals surface area contributed by atoms with Gasteiger partial charge in [-0.2, -0.15) is 0 Å². The van der Waals surface area contributed by atoms with Crippen molar-refractivity contribution in [2.75, 3.05) is 6.54 Å². The van der Waals surface area contributed by atoms with Crippen LogP contribution in [0.5, 0.6) is 0 Å². The van der Waals surface area contributed by atoms with Gasteiger partial charge in [-0.25, -0.2) is 9.78 Å². The maximum atomic E-state index is 11.6. The van der Waals surface area contributed by atoms with E-state index in [4.69, 9.17) is 4.74 Å². The number of alkyl carbamates (subject to hydrolysis) is 1. The van der Waals surface area contributed by atoms with E-state index in [1.165, 1.54) is 19.1 Å². The largest absolute Gasteiger partial charge is 0.445 e. The Morgan fingerprint density at radius 1 is 1.26 bits per heavy atom. The number of aliphatic hydroxyl groups is 2. The molecule has 0 bridgehead atoms. The topological polar surface area (TPSA) is 135 Å². The van der Waals surface area contributed by atoms with E-state index >= 15 is 0 Å². The number of nitrogens with one attached hydrogen (secondary N) is 1. The molecule has 0 radical (unpaired) electrons. The molecule has 2 atom stereocenters. The van der Waals surface area contributed by atoms with E-state index in [1.54, 1.807) is 0 Å². The Labute approximate surface area is 155 Å². The lowest BCUT2D eigenvalue weighted by atomic mass is 10.1. The second kappa shape index (κ2) is 9.60. The molecule has 0 saturated heterocycles. The highest BCUT2D eigenvalue weighted by molar-refractivity contribution is 5.67. The number of aliphatic hydroxyl groups excluding tert-OH is 2. The fraction of sp³-hybridized carbons (Fsp3) is 0.333. The van der Waals surface area contributed by atoms with Crippen LogP contribution < -0.4 is 5.32 Å². The monoisotopic (exact) mass is 375 g/mol. The predicted octanol–water partition coefficient (Wildman–Crippen LogP) is 2.01. The van der Waals surface area contributed by atoms with Crippen LogP contribution in [0.15, 0.2) is 42.5 Å². The first-order valence-electron chi connectivity index (χ1n) is 8.31. The summed E-state index contributed by atoms with van der Waals surface area (Å²) in [6, 6.07) is 11.7. The Kier molecular flexibility index (Phi) is 7.21. The van der Waals surface area contributed by atoms with Gasteiger partial charge in [-0.3, -0.25) is 10.1 Å². The smallest absolute Gasteiger partial charge is 0.407 e. The second-order valence-corrected chi connectivity index (χ2v) is 5.89. The molecule has 0 saturated carbocycles. The zero-order valence-electron chi connectivity index (χ0n) is 14.7. The van der Waals surface area contributed by atoms with Crippen molar-refractivity contribution in [1.82, 2.24) is 10.3 Å². The molecule has 27 heavy (non-hydrogen) atoms. The van der Waals surface area contributed by atoms with Crippen LogP contribution in [0.4, 0.5) is 10.5 Å². The standard InChI is InChI=1S/C18H21N3O6/c1-12-15(21(25)26)8-7-14(20-12)17(23)16(22)9-10-19-18(24)27-11-13-5-3-2-4-6-13/h2-8,16-17,22-23H,9-11H2,1H3,(H,19,24). The fourth-order valence-corrected chi connectivity index (χ4v) is 2.38. The average Bonchev–Trinajstić information content (AvgIpc) is 2.66. The number of hydrogen-bond donors (Lipinski definition) is 3. The van der Waals surface area contributed by atoms with Crippen molar-refractivity contribution in [3.05, 3.63) is 69.5 Å². The summed E-state index contributed by atoms with van der Waals surface area (Å²) in [6.07, 6.45) is -3.11. The van der Waals surface area contributed by atoms with Crippen LogP contribution in [-0.4, -0.2) is 38.9 Å². The highest BCUT2D eigenvalue weighted by atomic mass is 16.6. The summed E-state index contributed by atoms with van der Waals surface area (Å²) in [5.74, 6) is 0. The molecule has 9 heteroatoms. The van der Waals surface area contributed by atoms with Crippen molar-refractivity contribution < 1.29 is 24.7 Å². The number of hydrogen-bond acceptors (Lipinski definition) is 7. The van der Waals surface area contributed by atoms with Crippen molar-refractivity contribution in [1.29, 1.82) is 0 Å². The van der Waals surface area contributed by atoms with E-state index in [0.717, 1.165) is 5.56 Å². The molecular weight excluding hydrogens is 354 g/mol. The van der Waals surface area contributed by atoms with Gasteiger partial charge in [0.25, 0.3) is 5.69 Å². The molecule has 9 nitrogen and oxygen atoms in total. The molecule has 1 aromatic carbocycles. The van der Waals surface area contributed by atoms with E-state index in [9.17, 15) is 25.1 Å². The molecule has 3 N–H and O–H groups in total. The number of carbonyl (C=O) groups is 1. The first-order chi connectivity index (χ1) is 12.9. The van der Waals surface area contributed by atoms with E-state index < -0.39 is 23.2 Å². The minimum atomic E-state index is -1.33. The van der Waals surface area contributed by atoms with Crippen molar-refractivity contribution in [2.45, 2.75) is 32.2 Å². The lowest BCUT2D eigenvalue weighted by Gasteiger charge is -2.18. The van der Waals surface area contributed by atoms with Crippen molar-refractivity contribution in [3.8, 4) is 0 Å². The number of rotatable bonds is 8. The van der Waals surface area contributed by atoms with Gasteiger partial charge in [-0.1, -0.05) is 30.3 Å².